The Bertz CT molecular complexity index is 518. The van der Waals surface area contributed by atoms with Gasteiger partial charge in [-0.3, -0.25) is 4.79 Å². The highest BCUT2D eigenvalue weighted by molar-refractivity contribution is 5.94. The molecule has 0 fully saturated rings. The summed E-state index contributed by atoms with van der Waals surface area (Å²) >= 11 is 0. The van der Waals surface area contributed by atoms with E-state index < -0.39 is 23.1 Å². The number of carbonyl (C=O) groups excluding carboxylic acids is 1. The van der Waals surface area contributed by atoms with Gasteiger partial charge in [0.15, 0.2) is 0 Å². The third-order valence-corrected chi connectivity index (χ3v) is 2.47. The van der Waals surface area contributed by atoms with E-state index in [0.29, 0.717) is 6.42 Å². The van der Waals surface area contributed by atoms with Gasteiger partial charge in [0.25, 0.3) is 5.91 Å². The Morgan fingerprint density at radius 1 is 1.22 bits per heavy atom. The molecular formula is C13H11F2NO2. The van der Waals surface area contributed by atoms with E-state index in [-0.39, 0.29) is 6.54 Å². The minimum absolute atomic E-state index is 0.284. The Labute approximate surface area is 102 Å². The van der Waals surface area contributed by atoms with Crippen molar-refractivity contribution >= 4 is 5.91 Å². The van der Waals surface area contributed by atoms with Gasteiger partial charge in [-0.15, -0.1) is 0 Å². The van der Waals surface area contributed by atoms with Crippen LogP contribution in [0.4, 0.5) is 8.78 Å². The summed E-state index contributed by atoms with van der Waals surface area (Å²) in [5.41, 5.74) is 0.356. The monoisotopic (exact) mass is 251 g/mol. The smallest absolute Gasteiger partial charge is 0.257 e. The molecule has 1 N–H and O–H groups in total. The van der Waals surface area contributed by atoms with Crippen LogP contribution in [0.1, 0.15) is 15.9 Å². The summed E-state index contributed by atoms with van der Waals surface area (Å²) in [7, 11) is 0. The zero-order valence-corrected chi connectivity index (χ0v) is 9.45. The number of rotatable bonds is 4. The first-order chi connectivity index (χ1) is 8.68. The van der Waals surface area contributed by atoms with Gasteiger partial charge in [0.2, 0.25) is 0 Å². The molecule has 18 heavy (non-hydrogen) atoms. The molecule has 1 heterocycles. The third-order valence-electron chi connectivity index (χ3n) is 2.47. The minimum atomic E-state index is -0.865. The highest BCUT2D eigenvalue weighted by Crippen LogP contribution is 2.11. The van der Waals surface area contributed by atoms with Crippen LogP contribution >= 0.6 is 0 Å². The Balaban J connectivity index is 1.96. The van der Waals surface area contributed by atoms with E-state index in [9.17, 15) is 13.6 Å². The van der Waals surface area contributed by atoms with Gasteiger partial charge in [0.1, 0.15) is 17.2 Å². The fourth-order valence-electron chi connectivity index (χ4n) is 1.56. The van der Waals surface area contributed by atoms with Gasteiger partial charge < -0.3 is 9.73 Å². The largest absolute Gasteiger partial charge is 0.472 e. The standard InChI is InChI=1S/C13H11F2NO2/c14-10-2-1-3-11(15)12(10)13(17)16-6-4-9-5-7-18-8-9/h1-3,5,7-8H,4,6H2,(H,16,17). The fourth-order valence-corrected chi connectivity index (χ4v) is 1.56. The van der Waals surface area contributed by atoms with Crippen LogP contribution in [0.5, 0.6) is 0 Å². The number of halogens is 2. The van der Waals surface area contributed by atoms with Gasteiger partial charge in [0.05, 0.1) is 12.5 Å². The third kappa shape index (κ3) is 2.74. The lowest BCUT2D eigenvalue weighted by atomic mass is 10.1. The Kier molecular flexibility index (Phi) is 3.72. The molecule has 0 atom stereocenters. The van der Waals surface area contributed by atoms with Crippen LogP contribution in [-0.2, 0) is 6.42 Å². The van der Waals surface area contributed by atoms with Crippen molar-refractivity contribution in [3.05, 3.63) is 59.6 Å². The van der Waals surface area contributed by atoms with E-state index in [1.807, 2.05) is 0 Å². The molecule has 0 saturated heterocycles. The van der Waals surface area contributed by atoms with Crippen LogP contribution in [0, 0.1) is 11.6 Å². The molecular weight excluding hydrogens is 240 g/mol. The molecule has 1 aromatic carbocycles. The molecule has 0 bridgehead atoms. The lowest BCUT2D eigenvalue weighted by Crippen LogP contribution is -2.27. The van der Waals surface area contributed by atoms with Crippen molar-refractivity contribution < 1.29 is 18.0 Å². The van der Waals surface area contributed by atoms with Crippen molar-refractivity contribution in [3.63, 3.8) is 0 Å². The molecule has 0 aliphatic rings. The second kappa shape index (κ2) is 5.44. The molecule has 5 heteroatoms. The zero-order valence-electron chi connectivity index (χ0n) is 9.45. The molecule has 1 amide bonds. The average molecular weight is 251 g/mol. The lowest BCUT2D eigenvalue weighted by Gasteiger charge is -2.06. The molecule has 3 nitrogen and oxygen atoms in total. The van der Waals surface area contributed by atoms with Gasteiger partial charge >= 0.3 is 0 Å². The van der Waals surface area contributed by atoms with Crippen LogP contribution in [0.2, 0.25) is 0 Å². The van der Waals surface area contributed by atoms with Gasteiger partial charge in [-0.05, 0) is 30.2 Å². The molecule has 0 spiro atoms. The maximum atomic E-state index is 13.3. The average Bonchev–Trinajstić information content (AvgIpc) is 2.82. The van der Waals surface area contributed by atoms with Crippen LogP contribution in [0.25, 0.3) is 0 Å². The Morgan fingerprint density at radius 3 is 2.56 bits per heavy atom. The van der Waals surface area contributed by atoms with Crippen molar-refractivity contribution in [2.45, 2.75) is 6.42 Å². The van der Waals surface area contributed by atoms with Crippen LogP contribution in [-0.4, -0.2) is 12.5 Å². The van der Waals surface area contributed by atoms with Crippen LogP contribution in [0.15, 0.2) is 41.2 Å². The first-order valence-corrected chi connectivity index (χ1v) is 5.42. The van der Waals surface area contributed by atoms with E-state index in [1.165, 1.54) is 12.3 Å². The molecule has 0 aliphatic carbocycles. The first-order valence-electron chi connectivity index (χ1n) is 5.42. The molecule has 94 valence electrons. The normalized spacial score (nSPS) is 10.3. The highest BCUT2D eigenvalue weighted by atomic mass is 19.1. The van der Waals surface area contributed by atoms with Crippen LogP contribution in [0.3, 0.4) is 0 Å². The summed E-state index contributed by atoms with van der Waals surface area (Å²) < 4.78 is 31.4. The number of carbonyl (C=O) groups is 1. The predicted octanol–water partition coefficient (Wildman–Crippen LogP) is 2.53. The van der Waals surface area contributed by atoms with E-state index >= 15 is 0 Å². The van der Waals surface area contributed by atoms with E-state index in [2.05, 4.69) is 5.32 Å². The lowest BCUT2D eigenvalue weighted by molar-refractivity contribution is 0.0945. The van der Waals surface area contributed by atoms with E-state index in [4.69, 9.17) is 4.42 Å². The number of hydrogen-bond acceptors (Lipinski definition) is 2. The van der Waals surface area contributed by atoms with Crippen molar-refractivity contribution in [3.8, 4) is 0 Å². The van der Waals surface area contributed by atoms with Gasteiger partial charge in [-0.25, -0.2) is 8.78 Å². The Morgan fingerprint density at radius 2 is 1.94 bits per heavy atom. The highest BCUT2D eigenvalue weighted by Gasteiger charge is 2.16. The molecule has 2 aromatic rings. The van der Waals surface area contributed by atoms with Crippen molar-refractivity contribution in [1.82, 2.24) is 5.32 Å². The molecule has 2 rings (SSSR count). The van der Waals surface area contributed by atoms with Crippen LogP contribution < -0.4 is 5.32 Å². The fraction of sp³-hybridized carbons (Fsp3) is 0.154. The molecule has 1 aromatic heterocycles. The van der Waals surface area contributed by atoms with Gasteiger partial charge in [0, 0.05) is 6.54 Å². The SMILES string of the molecule is O=C(NCCc1ccoc1)c1c(F)cccc1F. The minimum Gasteiger partial charge on any atom is -0.472 e. The van der Waals surface area contributed by atoms with Crippen molar-refractivity contribution in [1.29, 1.82) is 0 Å². The molecule has 0 saturated carbocycles. The second-order valence-electron chi connectivity index (χ2n) is 3.73. The number of benzene rings is 1. The van der Waals surface area contributed by atoms with Crippen molar-refractivity contribution in [2.75, 3.05) is 6.54 Å². The van der Waals surface area contributed by atoms with E-state index in [1.54, 1.807) is 12.3 Å². The second-order valence-corrected chi connectivity index (χ2v) is 3.73. The maximum Gasteiger partial charge on any atom is 0.257 e. The van der Waals surface area contributed by atoms with E-state index in [0.717, 1.165) is 17.7 Å². The predicted molar refractivity (Wildman–Crippen MR) is 61.1 cm³/mol. The number of amides is 1. The topological polar surface area (TPSA) is 42.2 Å². The molecule has 0 radical (unpaired) electrons. The summed E-state index contributed by atoms with van der Waals surface area (Å²) in [6, 6.07) is 5.07. The molecule has 0 unspecified atom stereocenters. The van der Waals surface area contributed by atoms with Gasteiger partial charge in [-0.2, -0.15) is 0 Å². The summed E-state index contributed by atoms with van der Waals surface area (Å²) in [4.78, 5) is 11.6. The number of nitrogens with one attached hydrogen (secondary N) is 1. The zero-order chi connectivity index (χ0) is 13.0. The summed E-state index contributed by atoms with van der Waals surface area (Å²) in [5, 5.41) is 2.46. The number of furan rings is 1. The first kappa shape index (κ1) is 12.3. The number of hydrogen-bond donors (Lipinski definition) is 1. The van der Waals surface area contributed by atoms with Crippen molar-refractivity contribution in [2.24, 2.45) is 0 Å². The van der Waals surface area contributed by atoms with Gasteiger partial charge in [-0.1, -0.05) is 6.07 Å². The summed E-state index contributed by atoms with van der Waals surface area (Å²) in [6.45, 7) is 0.284. The Hall–Kier alpha value is -2.17. The molecule has 0 aliphatic heterocycles. The summed E-state index contributed by atoms with van der Waals surface area (Å²) in [5.74, 6) is -2.49. The quantitative estimate of drug-likeness (QED) is 0.907. The summed E-state index contributed by atoms with van der Waals surface area (Å²) in [6.07, 6.45) is 3.61. The maximum absolute atomic E-state index is 13.3.